The van der Waals surface area contributed by atoms with Gasteiger partial charge in [0.1, 0.15) is 0 Å². The lowest BCUT2D eigenvalue weighted by atomic mass is 9.88. The Hall–Kier alpha value is -1.35. The second kappa shape index (κ2) is 7.44. The van der Waals surface area contributed by atoms with E-state index in [-0.39, 0.29) is 11.9 Å². The molecule has 0 aliphatic carbocycles. The maximum absolute atomic E-state index is 12.4. The van der Waals surface area contributed by atoms with Gasteiger partial charge in [-0.15, -0.1) is 0 Å². The lowest BCUT2D eigenvalue weighted by Crippen LogP contribution is -2.52. The summed E-state index contributed by atoms with van der Waals surface area (Å²) in [4.78, 5) is 12.4. The fourth-order valence-corrected chi connectivity index (χ4v) is 2.33. The summed E-state index contributed by atoms with van der Waals surface area (Å²) in [6, 6.07) is 10.3. The van der Waals surface area contributed by atoms with Crippen LogP contribution in [0.1, 0.15) is 52.1 Å². The summed E-state index contributed by atoms with van der Waals surface area (Å²) in [7, 11) is 1.81. The second-order valence-electron chi connectivity index (χ2n) is 5.81. The second-order valence-corrected chi connectivity index (χ2v) is 5.81. The highest BCUT2D eigenvalue weighted by Crippen LogP contribution is 2.27. The predicted octanol–water partition coefficient (Wildman–Crippen LogP) is 3.28. The lowest BCUT2D eigenvalue weighted by Gasteiger charge is -2.31. The van der Waals surface area contributed by atoms with Crippen LogP contribution in [0.3, 0.4) is 0 Å². The van der Waals surface area contributed by atoms with Crippen LogP contribution in [-0.4, -0.2) is 18.5 Å². The summed E-state index contributed by atoms with van der Waals surface area (Å²) in [5.74, 6) is 0.495. The van der Waals surface area contributed by atoms with Gasteiger partial charge in [0.05, 0.1) is 11.6 Å². The highest BCUT2D eigenvalue weighted by atomic mass is 16.2. The zero-order valence-corrected chi connectivity index (χ0v) is 13.4. The molecule has 112 valence electrons. The smallest absolute Gasteiger partial charge is 0.240 e. The zero-order valence-electron chi connectivity index (χ0n) is 13.4. The van der Waals surface area contributed by atoms with Gasteiger partial charge in [-0.25, -0.2) is 0 Å². The number of hydrogen-bond donors (Lipinski definition) is 2. The van der Waals surface area contributed by atoms with Crippen LogP contribution in [0.15, 0.2) is 30.3 Å². The highest BCUT2D eigenvalue weighted by Gasteiger charge is 2.30. The number of benzene rings is 1. The number of likely N-dealkylation sites (N-methyl/N-ethyl adjacent to an activating group) is 1. The van der Waals surface area contributed by atoms with Crippen molar-refractivity contribution in [3.63, 3.8) is 0 Å². The van der Waals surface area contributed by atoms with Crippen molar-refractivity contribution >= 4 is 5.91 Å². The van der Waals surface area contributed by atoms with E-state index in [0.29, 0.717) is 5.92 Å². The molecule has 3 nitrogen and oxygen atoms in total. The van der Waals surface area contributed by atoms with Gasteiger partial charge in [0, 0.05) is 0 Å². The number of amides is 1. The minimum atomic E-state index is -0.556. The van der Waals surface area contributed by atoms with E-state index in [1.807, 2.05) is 39.1 Å². The first-order valence-electron chi connectivity index (χ1n) is 7.51. The fourth-order valence-electron chi connectivity index (χ4n) is 2.33. The Morgan fingerprint density at radius 3 is 2.15 bits per heavy atom. The Labute approximate surface area is 123 Å². The Morgan fingerprint density at radius 2 is 1.70 bits per heavy atom. The highest BCUT2D eigenvalue weighted by molar-refractivity contribution is 5.85. The molecule has 1 aromatic rings. The molecule has 0 aliphatic heterocycles. The fraction of sp³-hybridized carbons (Fsp3) is 0.588. The van der Waals surface area contributed by atoms with Crippen molar-refractivity contribution in [2.45, 2.75) is 52.1 Å². The Kier molecular flexibility index (Phi) is 6.21. The Bertz CT molecular complexity index is 410. The van der Waals surface area contributed by atoms with Crippen molar-refractivity contribution in [3.05, 3.63) is 35.9 Å². The van der Waals surface area contributed by atoms with Crippen molar-refractivity contribution in [1.82, 2.24) is 10.6 Å². The van der Waals surface area contributed by atoms with Gasteiger partial charge in [-0.2, -0.15) is 0 Å². The first kappa shape index (κ1) is 16.7. The molecule has 2 N–H and O–H groups in total. The van der Waals surface area contributed by atoms with Crippen LogP contribution in [0, 0.1) is 5.92 Å². The molecule has 0 spiro atoms. The van der Waals surface area contributed by atoms with E-state index in [0.717, 1.165) is 12.8 Å². The van der Waals surface area contributed by atoms with E-state index in [9.17, 15) is 4.79 Å². The van der Waals surface area contributed by atoms with Crippen LogP contribution in [0.4, 0.5) is 0 Å². The first-order chi connectivity index (χ1) is 9.46. The topological polar surface area (TPSA) is 41.1 Å². The molecule has 0 bridgehead atoms. The normalized spacial score (nSPS) is 13.3. The van der Waals surface area contributed by atoms with Gasteiger partial charge in [-0.05, 0) is 32.4 Å². The minimum absolute atomic E-state index is 0.0424. The van der Waals surface area contributed by atoms with E-state index in [4.69, 9.17) is 0 Å². The number of carbonyl (C=O) groups excluding carboxylic acids is 1. The zero-order chi connectivity index (χ0) is 15.2. The first-order valence-corrected chi connectivity index (χ1v) is 7.51. The van der Waals surface area contributed by atoms with Crippen LogP contribution >= 0.6 is 0 Å². The van der Waals surface area contributed by atoms with Crippen molar-refractivity contribution in [3.8, 4) is 0 Å². The third kappa shape index (κ3) is 4.07. The van der Waals surface area contributed by atoms with Crippen molar-refractivity contribution < 1.29 is 4.79 Å². The molecule has 0 aromatic heterocycles. The molecule has 0 saturated heterocycles. The molecule has 0 aliphatic rings. The van der Waals surface area contributed by atoms with Crippen LogP contribution in [0.25, 0.3) is 0 Å². The molecule has 0 radical (unpaired) electrons. The minimum Gasteiger partial charge on any atom is -0.347 e. The molecule has 1 rings (SSSR count). The maximum Gasteiger partial charge on any atom is 0.240 e. The average Bonchev–Trinajstić information content (AvgIpc) is 2.48. The van der Waals surface area contributed by atoms with Gasteiger partial charge in [-0.3, -0.25) is 4.79 Å². The van der Waals surface area contributed by atoms with Crippen LogP contribution in [-0.2, 0) is 4.79 Å². The predicted molar refractivity (Wildman–Crippen MR) is 84.5 cm³/mol. The Morgan fingerprint density at radius 1 is 1.15 bits per heavy atom. The monoisotopic (exact) mass is 276 g/mol. The summed E-state index contributed by atoms with van der Waals surface area (Å²) in [5.41, 5.74) is 0.625. The molecule has 1 aromatic carbocycles. The molecule has 1 amide bonds. The average molecular weight is 276 g/mol. The van der Waals surface area contributed by atoms with E-state index in [1.165, 1.54) is 5.56 Å². The number of carbonyl (C=O) groups is 1. The summed E-state index contributed by atoms with van der Waals surface area (Å²) in [6.45, 7) is 8.16. The van der Waals surface area contributed by atoms with Crippen molar-refractivity contribution in [2.24, 2.45) is 5.92 Å². The van der Waals surface area contributed by atoms with Gasteiger partial charge < -0.3 is 10.6 Å². The summed E-state index contributed by atoms with van der Waals surface area (Å²) < 4.78 is 0. The molecule has 1 atom stereocenters. The van der Waals surface area contributed by atoms with E-state index >= 15 is 0 Å². The molecule has 0 heterocycles. The molecule has 3 heteroatoms. The van der Waals surface area contributed by atoms with Crippen LogP contribution < -0.4 is 10.6 Å². The Balaban J connectivity index is 2.98. The third-order valence-electron chi connectivity index (χ3n) is 4.16. The van der Waals surface area contributed by atoms with Crippen LogP contribution in [0.2, 0.25) is 0 Å². The molecule has 0 fully saturated rings. The molecule has 1 unspecified atom stereocenters. The van der Waals surface area contributed by atoms with Crippen molar-refractivity contribution in [1.29, 1.82) is 0 Å². The summed E-state index contributed by atoms with van der Waals surface area (Å²) in [5, 5.41) is 6.29. The number of rotatable bonds is 7. The molecule has 0 saturated carbocycles. The maximum atomic E-state index is 12.4. The molecular weight excluding hydrogens is 248 g/mol. The van der Waals surface area contributed by atoms with Crippen LogP contribution in [0.5, 0.6) is 0 Å². The van der Waals surface area contributed by atoms with Gasteiger partial charge >= 0.3 is 0 Å². The largest absolute Gasteiger partial charge is 0.347 e. The molecular formula is C17H28N2O. The SMILES string of the molecule is CCC(CC)C(NC(=O)C(C)(C)NC)c1ccccc1. The van der Waals surface area contributed by atoms with Crippen molar-refractivity contribution in [2.75, 3.05) is 7.05 Å². The quantitative estimate of drug-likeness (QED) is 0.802. The van der Waals surface area contributed by atoms with Gasteiger partial charge in [0.25, 0.3) is 0 Å². The van der Waals surface area contributed by atoms with Gasteiger partial charge in [-0.1, -0.05) is 57.0 Å². The van der Waals surface area contributed by atoms with E-state index < -0.39 is 5.54 Å². The van der Waals surface area contributed by atoms with E-state index in [1.54, 1.807) is 0 Å². The molecule has 20 heavy (non-hydrogen) atoms. The van der Waals surface area contributed by atoms with Gasteiger partial charge in [0.15, 0.2) is 0 Å². The third-order valence-corrected chi connectivity index (χ3v) is 4.16. The van der Waals surface area contributed by atoms with E-state index in [2.05, 4.69) is 36.6 Å². The van der Waals surface area contributed by atoms with Gasteiger partial charge in [0.2, 0.25) is 5.91 Å². The number of hydrogen-bond acceptors (Lipinski definition) is 2. The number of nitrogens with one attached hydrogen (secondary N) is 2. The lowest BCUT2D eigenvalue weighted by molar-refractivity contribution is -0.127. The summed E-state index contributed by atoms with van der Waals surface area (Å²) in [6.07, 6.45) is 2.10. The standard InChI is InChI=1S/C17H28N2O/c1-6-13(7-2)15(14-11-9-8-10-12-14)19-16(20)17(3,4)18-5/h8-13,15,18H,6-7H2,1-5H3,(H,19,20). The summed E-state index contributed by atoms with van der Waals surface area (Å²) >= 11 is 0.